The Bertz CT molecular complexity index is 277. The number of carbonyl (C=O) groups is 1. The molecule has 0 aromatic rings. The minimum absolute atomic E-state index is 0.283. The summed E-state index contributed by atoms with van der Waals surface area (Å²) in [5.41, 5.74) is 0.419. The highest BCUT2D eigenvalue weighted by Crippen LogP contribution is 2.11. The SMILES string of the molecule is CC(=O)OC/C=C(\C)C/C=C/C(C)(C)OO. The Labute approximate surface area is 96.5 Å². The van der Waals surface area contributed by atoms with Crippen molar-refractivity contribution in [2.45, 2.75) is 39.7 Å². The van der Waals surface area contributed by atoms with Gasteiger partial charge in [-0.2, -0.15) is 0 Å². The smallest absolute Gasteiger partial charge is 0.302 e. The Morgan fingerprint density at radius 2 is 2.00 bits per heavy atom. The number of hydrogen-bond donors (Lipinski definition) is 1. The van der Waals surface area contributed by atoms with Crippen LogP contribution in [0.15, 0.2) is 23.8 Å². The molecule has 0 rings (SSSR count). The van der Waals surface area contributed by atoms with Gasteiger partial charge in [-0.05, 0) is 33.3 Å². The van der Waals surface area contributed by atoms with Gasteiger partial charge in [0.1, 0.15) is 12.2 Å². The summed E-state index contributed by atoms with van der Waals surface area (Å²) in [5.74, 6) is -0.283. The summed E-state index contributed by atoms with van der Waals surface area (Å²) in [6, 6.07) is 0. The standard InChI is InChI=1S/C12H20O4/c1-10(7-9-15-11(2)13)6-5-8-12(3,4)16-14/h5,7-8,14H,6,9H2,1-4H3/b8-5+,10-7+. The van der Waals surface area contributed by atoms with E-state index in [1.54, 1.807) is 19.9 Å². The highest BCUT2D eigenvalue weighted by molar-refractivity contribution is 5.66. The summed E-state index contributed by atoms with van der Waals surface area (Å²) in [6.07, 6.45) is 6.25. The number of hydrogen-bond acceptors (Lipinski definition) is 4. The van der Waals surface area contributed by atoms with Gasteiger partial charge in [-0.1, -0.05) is 17.7 Å². The van der Waals surface area contributed by atoms with Gasteiger partial charge in [0.05, 0.1) is 0 Å². The molecule has 0 aliphatic rings. The average molecular weight is 228 g/mol. The molecule has 0 saturated carbocycles. The third kappa shape index (κ3) is 8.20. The first kappa shape index (κ1) is 14.9. The third-order valence-electron chi connectivity index (χ3n) is 1.91. The van der Waals surface area contributed by atoms with Crippen LogP contribution in [0.4, 0.5) is 0 Å². The molecule has 4 heteroatoms. The predicted octanol–water partition coefficient (Wildman–Crippen LogP) is 2.71. The van der Waals surface area contributed by atoms with Crippen molar-refractivity contribution >= 4 is 5.97 Å². The van der Waals surface area contributed by atoms with E-state index in [-0.39, 0.29) is 5.97 Å². The molecule has 0 saturated heterocycles. The second-order valence-electron chi connectivity index (χ2n) is 4.15. The maximum Gasteiger partial charge on any atom is 0.302 e. The van der Waals surface area contributed by atoms with E-state index in [1.165, 1.54) is 6.92 Å². The van der Waals surface area contributed by atoms with Crippen LogP contribution in [-0.2, 0) is 14.4 Å². The molecule has 0 aliphatic carbocycles. The van der Waals surface area contributed by atoms with E-state index in [0.29, 0.717) is 6.61 Å². The number of allylic oxidation sites excluding steroid dienone is 2. The van der Waals surface area contributed by atoms with Crippen molar-refractivity contribution in [1.82, 2.24) is 0 Å². The summed E-state index contributed by atoms with van der Waals surface area (Å²) in [7, 11) is 0. The van der Waals surface area contributed by atoms with E-state index in [4.69, 9.17) is 9.99 Å². The van der Waals surface area contributed by atoms with Crippen molar-refractivity contribution in [1.29, 1.82) is 0 Å². The molecule has 0 aromatic heterocycles. The van der Waals surface area contributed by atoms with Crippen molar-refractivity contribution < 1.29 is 19.7 Å². The molecule has 0 fully saturated rings. The topological polar surface area (TPSA) is 55.8 Å². The lowest BCUT2D eigenvalue weighted by molar-refractivity contribution is -0.297. The fourth-order valence-corrected chi connectivity index (χ4v) is 0.944. The average Bonchev–Trinajstić information content (AvgIpc) is 2.17. The summed E-state index contributed by atoms with van der Waals surface area (Å²) in [4.78, 5) is 14.8. The third-order valence-corrected chi connectivity index (χ3v) is 1.91. The van der Waals surface area contributed by atoms with E-state index in [9.17, 15) is 4.79 Å². The fourth-order valence-electron chi connectivity index (χ4n) is 0.944. The molecular weight excluding hydrogens is 208 g/mol. The molecule has 0 radical (unpaired) electrons. The Hall–Kier alpha value is -1.13. The van der Waals surface area contributed by atoms with Gasteiger partial charge in [0, 0.05) is 6.92 Å². The molecule has 0 atom stereocenters. The van der Waals surface area contributed by atoms with E-state index >= 15 is 0 Å². The van der Waals surface area contributed by atoms with Gasteiger partial charge in [0.2, 0.25) is 0 Å². The highest BCUT2D eigenvalue weighted by Gasteiger charge is 2.12. The Balaban J connectivity index is 3.97. The predicted molar refractivity (Wildman–Crippen MR) is 61.9 cm³/mol. The lowest BCUT2D eigenvalue weighted by Gasteiger charge is -2.14. The molecule has 4 nitrogen and oxygen atoms in total. The van der Waals surface area contributed by atoms with Gasteiger partial charge in [-0.25, -0.2) is 4.89 Å². The summed E-state index contributed by atoms with van der Waals surface area (Å²) in [6.45, 7) is 7.13. The van der Waals surface area contributed by atoms with Gasteiger partial charge < -0.3 is 4.74 Å². The number of ether oxygens (including phenoxy) is 1. The zero-order valence-electron chi connectivity index (χ0n) is 10.3. The van der Waals surface area contributed by atoms with Gasteiger partial charge in [0.25, 0.3) is 0 Å². The van der Waals surface area contributed by atoms with Crippen LogP contribution in [0.1, 0.15) is 34.1 Å². The second kappa shape index (κ2) is 7.19. The van der Waals surface area contributed by atoms with Crippen molar-refractivity contribution in [3.63, 3.8) is 0 Å². The van der Waals surface area contributed by atoms with E-state index in [0.717, 1.165) is 12.0 Å². The maximum atomic E-state index is 10.5. The summed E-state index contributed by atoms with van der Waals surface area (Å²) < 4.78 is 4.78. The van der Waals surface area contributed by atoms with Crippen LogP contribution in [-0.4, -0.2) is 23.4 Å². The van der Waals surface area contributed by atoms with Gasteiger partial charge in [-0.15, -0.1) is 0 Å². The van der Waals surface area contributed by atoms with Crippen molar-refractivity contribution in [3.8, 4) is 0 Å². The lowest BCUT2D eigenvalue weighted by atomic mass is 10.1. The minimum Gasteiger partial charge on any atom is -0.462 e. The molecule has 92 valence electrons. The summed E-state index contributed by atoms with van der Waals surface area (Å²) >= 11 is 0. The van der Waals surface area contributed by atoms with Gasteiger partial charge >= 0.3 is 5.97 Å². The normalized spacial score (nSPS) is 13.2. The van der Waals surface area contributed by atoms with E-state index < -0.39 is 5.60 Å². The van der Waals surface area contributed by atoms with E-state index in [2.05, 4.69) is 4.89 Å². The molecule has 1 N–H and O–H groups in total. The van der Waals surface area contributed by atoms with Gasteiger partial charge in [-0.3, -0.25) is 10.1 Å². The molecule has 16 heavy (non-hydrogen) atoms. The molecule has 0 heterocycles. The molecule has 0 amide bonds. The first-order valence-corrected chi connectivity index (χ1v) is 5.16. The van der Waals surface area contributed by atoms with Crippen LogP contribution in [0.2, 0.25) is 0 Å². The van der Waals surface area contributed by atoms with E-state index in [1.807, 2.05) is 19.1 Å². The van der Waals surface area contributed by atoms with Crippen LogP contribution in [0.5, 0.6) is 0 Å². The minimum atomic E-state index is -0.670. The fraction of sp³-hybridized carbons (Fsp3) is 0.583. The maximum absolute atomic E-state index is 10.5. The zero-order valence-corrected chi connectivity index (χ0v) is 10.3. The van der Waals surface area contributed by atoms with Crippen molar-refractivity contribution in [3.05, 3.63) is 23.8 Å². The lowest BCUT2D eigenvalue weighted by Crippen LogP contribution is -2.18. The number of rotatable bonds is 6. The Kier molecular flexibility index (Phi) is 6.69. The number of carbonyl (C=O) groups excluding carboxylic acids is 1. The molecule has 0 spiro atoms. The second-order valence-corrected chi connectivity index (χ2v) is 4.15. The Morgan fingerprint density at radius 3 is 2.50 bits per heavy atom. The molecule has 0 unspecified atom stereocenters. The quantitative estimate of drug-likeness (QED) is 0.329. The van der Waals surface area contributed by atoms with Crippen LogP contribution in [0.3, 0.4) is 0 Å². The van der Waals surface area contributed by atoms with Gasteiger partial charge in [0.15, 0.2) is 0 Å². The largest absolute Gasteiger partial charge is 0.462 e. The monoisotopic (exact) mass is 228 g/mol. The van der Waals surface area contributed by atoms with Crippen LogP contribution in [0.25, 0.3) is 0 Å². The number of esters is 1. The molecular formula is C12H20O4. The Morgan fingerprint density at radius 1 is 1.38 bits per heavy atom. The molecule has 0 aromatic carbocycles. The van der Waals surface area contributed by atoms with Crippen LogP contribution < -0.4 is 0 Å². The molecule has 0 aliphatic heterocycles. The highest BCUT2D eigenvalue weighted by atomic mass is 17.1. The molecule has 0 bridgehead atoms. The summed E-state index contributed by atoms with van der Waals surface area (Å²) in [5, 5.41) is 8.54. The zero-order chi connectivity index (χ0) is 12.6. The van der Waals surface area contributed by atoms with Crippen molar-refractivity contribution in [2.24, 2.45) is 0 Å². The first-order chi connectivity index (χ1) is 7.37. The first-order valence-electron chi connectivity index (χ1n) is 5.16. The van der Waals surface area contributed by atoms with Crippen LogP contribution >= 0.6 is 0 Å². The van der Waals surface area contributed by atoms with Crippen LogP contribution in [0, 0.1) is 0 Å². The van der Waals surface area contributed by atoms with Crippen molar-refractivity contribution in [2.75, 3.05) is 6.61 Å².